The molecular weight excluding hydrogens is 534 g/mol. The van der Waals surface area contributed by atoms with E-state index < -0.39 is 18.2 Å². The fourth-order valence-electron chi connectivity index (χ4n) is 5.61. The molecule has 5 heteroatoms. The minimum atomic E-state index is -0.749. The van der Waals surface area contributed by atoms with E-state index in [-0.39, 0.29) is 18.9 Å². The zero-order valence-corrected chi connectivity index (χ0v) is 28.6. The number of nitrogens with one attached hydrogen (secondary N) is 1. The highest BCUT2D eigenvalue weighted by Gasteiger charge is 2.21. The highest BCUT2D eigenvalue weighted by molar-refractivity contribution is 5.76. The molecule has 1 amide bonds. The first-order chi connectivity index (χ1) is 21.0. The van der Waals surface area contributed by atoms with Crippen molar-refractivity contribution in [3.63, 3.8) is 0 Å². The number of hydrogen-bond acceptors (Lipinski definition) is 4. The molecule has 3 atom stereocenters. The summed E-state index contributed by atoms with van der Waals surface area (Å²) in [7, 11) is 0. The van der Waals surface area contributed by atoms with E-state index in [9.17, 15) is 20.1 Å². The number of unbranched alkanes of at least 4 members (excludes halogenated alkanes) is 20. The van der Waals surface area contributed by atoms with Gasteiger partial charge in [-0.3, -0.25) is 4.79 Å². The molecule has 0 aromatic carbocycles. The quantitative estimate of drug-likeness (QED) is 0.0441. The zero-order valence-electron chi connectivity index (χ0n) is 28.6. The van der Waals surface area contributed by atoms with E-state index in [0.717, 1.165) is 44.9 Å². The summed E-state index contributed by atoms with van der Waals surface area (Å²) in [5.41, 5.74) is 0. The Kier molecular flexibility index (Phi) is 32.8. The smallest absolute Gasteiger partial charge is 0.222 e. The van der Waals surface area contributed by atoms with Crippen molar-refractivity contribution >= 4 is 5.91 Å². The number of allylic oxidation sites excluding steroid dienone is 4. The van der Waals surface area contributed by atoms with Crippen molar-refractivity contribution in [2.24, 2.45) is 0 Å². The monoisotopic (exact) mass is 608 g/mol. The molecule has 0 aliphatic rings. The number of rotatable bonds is 33. The van der Waals surface area contributed by atoms with Crippen molar-refractivity contribution in [1.82, 2.24) is 5.32 Å². The van der Waals surface area contributed by atoms with Gasteiger partial charge >= 0.3 is 0 Å². The van der Waals surface area contributed by atoms with Gasteiger partial charge in [-0.15, -0.1) is 0 Å². The van der Waals surface area contributed by atoms with Crippen LogP contribution < -0.4 is 5.32 Å². The Balaban J connectivity index is 3.71. The summed E-state index contributed by atoms with van der Waals surface area (Å²) in [5, 5.41) is 33.2. The van der Waals surface area contributed by atoms with Crippen molar-refractivity contribution in [2.75, 3.05) is 6.61 Å². The third kappa shape index (κ3) is 30.6. The molecule has 4 N–H and O–H groups in total. The second-order valence-corrected chi connectivity index (χ2v) is 12.8. The van der Waals surface area contributed by atoms with Gasteiger partial charge in [0, 0.05) is 0 Å². The number of carbonyl (C=O) groups is 1. The zero-order chi connectivity index (χ0) is 31.6. The molecule has 5 nitrogen and oxygen atoms in total. The van der Waals surface area contributed by atoms with Gasteiger partial charge in [-0.25, -0.2) is 0 Å². The SMILES string of the molecule is CCCCC/C=C\C/C=C\CCCCCCCC(O)CC(=O)NC(CO)C(O)CCCCCCCCCCCCCCC. The lowest BCUT2D eigenvalue weighted by molar-refractivity contribution is -0.125. The summed E-state index contributed by atoms with van der Waals surface area (Å²) in [6, 6.07) is -0.659. The van der Waals surface area contributed by atoms with Crippen LogP contribution in [0.3, 0.4) is 0 Å². The van der Waals surface area contributed by atoms with Gasteiger partial charge in [-0.05, 0) is 44.9 Å². The van der Waals surface area contributed by atoms with E-state index in [2.05, 4.69) is 43.5 Å². The summed E-state index contributed by atoms with van der Waals surface area (Å²) in [4.78, 5) is 12.4. The van der Waals surface area contributed by atoms with Crippen LogP contribution in [0.1, 0.15) is 187 Å². The standard InChI is InChI=1S/C38H73NO4/c1-3-5-7-9-11-13-15-17-18-20-21-23-25-27-29-31-35(41)33-38(43)39-36(34-40)37(42)32-30-28-26-24-22-19-16-14-12-10-8-6-4-2/h11,13,17-18,35-37,40-42H,3-10,12,14-16,19-34H2,1-2H3,(H,39,43)/b13-11-,18-17-. The van der Waals surface area contributed by atoms with E-state index in [4.69, 9.17) is 0 Å². The highest BCUT2D eigenvalue weighted by Crippen LogP contribution is 2.15. The Bertz CT molecular complexity index is 635. The van der Waals surface area contributed by atoms with Crippen LogP contribution in [-0.4, -0.2) is 46.1 Å². The van der Waals surface area contributed by atoms with Crippen LogP contribution in [0.4, 0.5) is 0 Å². The van der Waals surface area contributed by atoms with Gasteiger partial charge in [0.1, 0.15) is 0 Å². The number of carbonyl (C=O) groups excluding carboxylic acids is 1. The van der Waals surface area contributed by atoms with Crippen molar-refractivity contribution in [3.05, 3.63) is 24.3 Å². The van der Waals surface area contributed by atoms with Crippen LogP contribution >= 0.6 is 0 Å². The molecule has 0 saturated heterocycles. The van der Waals surface area contributed by atoms with Crippen molar-refractivity contribution < 1.29 is 20.1 Å². The molecule has 0 aliphatic carbocycles. The van der Waals surface area contributed by atoms with Crippen LogP contribution in [0.5, 0.6) is 0 Å². The summed E-state index contributed by atoms with van der Waals surface area (Å²) < 4.78 is 0. The maximum absolute atomic E-state index is 12.4. The third-order valence-electron chi connectivity index (χ3n) is 8.52. The molecular formula is C38H73NO4. The second-order valence-electron chi connectivity index (χ2n) is 12.8. The Morgan fingerprint density at radius 1 is 0.581 bits per heavy atom. The van der Waals surface area contributed by atoms with Crippen molar-refractivity contribution in [2.45, 2.75) is 205 Å². The molecule has 3 unspecified atom stereocenters. The predicted molar refractivity (Wildman–Crippen MR) is 185 cm³/mol. The Morgan fingerprint density at radius 3 is 1.51 bits per heavy atom. The number of aliphatic hydroxyl groups excluding tert-OH is 3. The molecule has 43 heavy (non-hydrogen) atoms. The minimum absolute atomic E-state index is 0.0276. The maximum Gasteiger partial charge on any atom is 0.222 e. The lowest BCUT2D eigenvalue weighted by atomic mass is 10.0. The summed E-state index contributed by atoms with van der Waals surface area (Å²) in [5.74, 6) is -0.293. The first kappa shape index (κ1) is 41.8. The van der Waals surface area contributed by atoms with Gasteiger partial charge in [-0.2, -0.15) is 0 Å². The predicted octanol–water partition coefficient (Wildman–Crippen LogP) is 9.87. The minimum Gasteiger partial charge on any atom is -0.394 e. The van der Waals surface area contributed by atoms with E-state index in [1.165, 1.54) is 109 Å². The molecule has 0 rings (SSSR count). The molecule has 0 radical (unpaired) electrons. The van der Waals surface area contributed by atoms with Crippen LogP contribution in [0.15, 0.2) is 24.3 Å². The van der Waals surface area contributed by atoms with Gasteiger partial charge in [0.05, 0.1) is 31.3 Å². The summed E-state index contributed by atoms with van der Waals surface area (Å²) >= 11 is 0. The summed E-state index contributed by atoms with van der Waals surface area (Å²) in [6.45, 7) is 4.21. The third-order valence-corrected chi connectivity index (χ3v) is 8.52. The molecule has 0 fully saturated rings. The number of hydrogen-bond donors (Lipinski definition) is 4. The fraction of sp³-hybridized carbons (Fsp3) is 0.868. The van der Waals surface area contributed by atoms with E-state index >= 15 is 0 Å². The van der Waals surface area contributed by atoms with Gasteiger partial charge in [0.25, 0.3) is 0 Å². The van der Waals surface area contributed by atoms with Crippen LogP contribution in [0.2, 0.25) is 0 Å². The second kappa shape index (κ2) is 33.7. The van der Waals surface area contributed by atoms with Crippen LogP contribution in [0.25, 0.3) is 0 Å². The van der Waals surface area contributed by atoms with E-state index in [1.807, 2.05) is 0 Å². The molecule has 0 aromatic rings. The fourth-order valence-corrected chi connectivity index (χ4v) is 5.61. The number of amides is 1. The Hall–Kier alpha value is -1.17. The van der Waals surface area contributed by atoms with E-state index in [0.29, 0.717) is 12.8 Å². The molecule has 0 aromatic heterocycles. The average Bonchev–Trinajstić information content (AvgIpc) is 3.00. The van der Waals surface area contributed by atoms with E-state index in [1.54, 1.807) is 0 Å². The first-order valence-corrected chi connectivity index (χ1v) is 18.6. The molecule has 0 aliphatic heterocycles. The molecule has 0 heterocycles. The number of aliphatic hydroxyl groups is 3. The normalized spacial score (nSPS) is 14.1. The van der Waals surface area contributed by atoms with Crippen LogP contribution in [0, 0.1) is 0 Å². The topological polar surface area (TPSA) is 89.8 Å². The van der Waals surface area contributed by atoms with Gasteiger partial charge in [0.2, 0.25) is 5.91 Å². The lowest BCUT2D eigenvalue weighted by Crippen LogP contribution is -2.46. The molecule has 0 spiro atoms. The highest BCUT2D eigenvalue weighted by atomic mass is 16.3. The average molecular weight is 608 g/mol. The maximum atomic E-state index is 12.4. The Labute approximate surface area is 267 Å². The van der Waals surface area contributed by atoms with Crippen molar-refractivity contribution in [3.8, 4) is 0 Å². The molecule has 0 bridgehead atoms. The van der Waals surface area contributed by atoms with Gasteiger partial charge in [-0.1, -0.05) is 160 Å². The lowest BCUT2D eigenvalue weighted by Gasteiger charge is -2.23. The van der Waals surface area contributed by atoms with Crippen LogP contribution in [-0.2, 0) is 4.79 Å². The molecule has 254 valence electrons. The van der Waals surface area contributed by atoms with Gasteiger partial charge in [0.15, 0.2) is 0 Å². The van der Waals surface area contributed by atoms with Crippen molar-refractivity contribution in [1.29, 1.82) is 0 Å². The largest absolute Gasteiger partial charge is 0.394 e. The van der Waals surface area contributed by atoms with Gasteiger partial charge < -0.3 is 20.6 Å². The summed E-state index contributed by atoms with van der Waals surface area (Å²) in [6.07, 6.45) is 38.3. The Morgan fingerprint density at radius 2 is 1.00 bits per heavy atom. The first-order valence-electron chi connectivity index (χ1n) is 18.6. The molecule has 0 saturated carbocycles.